The van der Waals surface area contributed by atoms with Gasteiger partial charge in [0.25, 0.3) is 0 Å². The minimum atomic E-state index is -0.562. The molecule has 1 aromatic carbocycles. The summed E-state index contributed by atoms with van der Waals surface area (Å²) in [5.41, 5.74) is 2.37. The van der Waals surface area contributed by atoms with E-state index in [2.05, 4.69) is 10.3 Å². The van der Waals surface area contributed by atoms with Gasteiger partial charge in [0, 0.05) is 37.2 Å². The van der Waals surface area contributed by atoms with Crippen LogP contribution in [0.3, 0.4) is 0 Å². The Morgan fingerprint density at radius 2 is 2.10 bits per heavy atom. The van der Waals surface area contributed by atoms with Crippen LogP contribution in [0.1, 0.15) is 37.0 Å². The third-order valence-corrected chi connectivity index (χ3v) is 3.58. The van der Waals surface area contributed by atoms with Crippen LogP contribution in [0.4, 0.5) is 8.78 Å². The normalized spacial score (nSPS) is 14.7. The van der Waals surface area contributed by atoms with Crippen LogP contribution >= 0.6 is 0 Å². The molecule has 2 aromatic rings. The Hall–Kier alpha value is -1.75. The zero-order valence-electron chi connectivity index (χ0n) is 11.6. The van der Waals surface area contributed by atoms with Crippen molar-refractivity contribution in [3.05, 3.63) is 47.0 Å². The standard InChI is InChI=1S/C15H17F2N3/c1-9(2)15-19-12-8-18-6-5-14(12)20(15)13-4-3-10(16)7-11(13)17/h3-4,7,9,18H,5-6,8H2,1-2H3. The van der Waals surface area contributed by atoms with E-state index < -0.39 is 11.6 Å². The molecule has 0 unspecified atom stereocenters. The van der Waals surface area contributed by atoms with Crippen LogP contribution in [0.25, 0.3) is 5.69 Å². The lowest BCUT2D eigenvalue weighted by atomic mass is 10.1. The van der Waals surface area contributed by atoms with E-state index >= 15 is 0 Å². The number of hydrogen-bond donors (Lipinski definition) is 1. The molecule has 0 spiro atoms. The fourth-order valence-electron chi connectivity index (χ4n) is 2.65. The van der Waals surface area contributed by atoms with E-state index in [4.69, 9.17) is 0 Å². The van der Waals surface area contributed by atoms with Crippen molar-refractivity contribution in [1.82, 2.24) is 14.9 Å². The van der Waals surface area contributed by atoms with Gasteiger partial charge in [0.05, 0.1) is 11.4 Å². The average molecular weight is 277 g/mol. The van der Waals surface area contributed by atoms with Gasteiger partial charge in [-0.15, -0.1) is 0 Å². The van der Waals surface area contributed by atoms with Gasteiger partial charge >= 0.3 is 0 Å². The second-order valence-corrected chi connectivity index (χ2v) is 5.38. The molecule has 20 heavy (non-hydrogen) atoms. The van der Waals surface area contributed by atoms with E-state index in [0.29, 0.717) is 12.2 Å². The molecule has 0 radical (unpaired) electrons. The van der Waals surface area contributed by atoms with Crippen LogP contribution in [0, 0.1) is 11.6 Å². The first-order valence-electron chi connectivity index (χ1n) is 6.84. The van der Waals surface area contributed by atoms with E-state index in [9.17, 15) is 8.78 Å². The molecule has 5 heteroatoms. The maximum absolute atomic E-state index is 14.1. The summed E-state index contributed by atoms with van der Waals surface area (Å²) in [5, 5.41) is 3.27. The van der Waals surface area contributed by atoms with Gasteiger partial charge in [-0.3, -0.25) is 4.57 Å². The van der Waals surface area contributed by atoms with Crippen molar-refractivity contribution in [2.45, 2.75) is 32.7 Å². The monoisotopic (exact) mass is 277 g/mol. The number of nitrogens with zero attached hydrogens (tertiary/aromatic N) is 2. The van der Waals surface area contributed by atoms with Gasteiger partial charge in [0.1, 0.15) is 17.5 Å². The van der Waals surface area contributed by atoms with E-state index in [0.717, 1.165) is 36.2 Å². The maximum atomic E-state index is 14.1. The topological polar surface area (TPSA) is 29.9 Å². The molecule has 1 aromatic heterocycles. The quantitative estimate of drug-likeness (QED) is 0.914. The smallest absolute Gasteiger partial charge is 0.150 e. The summed E-state index contributed by atoms with van der Waals surface area (Å²) in [4.78, 5) is 4.63. The van der Waals surface area contributed by atoms with Gasteiger partial charge in [0.2, 0.25) is 0 Å². The van der Waals surface area contributed by atoms with E-state index in [1.54, 1.807) is 0 Å². The first-order chi connectivity index (χ1) is 9.58. The predicted molar refractivity (Wildman–Crippen MR) is 73.0 cm³/mol. The van der Waals surface area contributed by atoms with E-state index in [-0.39, 0.29) is 5.92 Å². The Kier molecular flexibility index (Phi) is 3.30. The largest absolute Gasteiger partial charge is 0.311 e. The van der Waals surface area contributed by atoms with Gasteiger partial charge in [-0.05, 0) is 12.1 Å². The Labute approximate surface area is 116 Å². The first-order valence-corrected chi connectivity index (χ1v) is 6.84. The Morgan fingerprint density at radius 1 is 1.30 bits per heavy atom. The number of hydrogen-bond acceptors (Lipinski definition) is 2. The molecule has 1 N–H and O–H groups in total. The number of benzene rings is 1. The van der Waals surface area contributed by atoms with Crippen LogP contribution < -0.4 is 5.32 Å². The molecule has 0 bridgehead atoms. The number of fused-ring (bicyclic) bond motifs is 1. The molecule has 2 heterocycles. The third-order valence-electron chi connectivity index (χ3n) is 3.58. The molecule has 3 nitrogen and oxygen atoms in total. The molecule has 0 saturated carbocycles. The van der Waals surface area contributed by atoms with Crippen LogP contribution in [0.5, 0.6) is 0 Å². The van der Waals surface area contributed by atoms with E-state index in [1.807, 2.05) is 18.4 Å². The highest BCUT2D eigenvalue weighted by atomic mass is 19.1. The van der Waals surface area contributed by atoms with Crippen molar-refractivity contribution < 1.29 is 8.78 Å². The predicted octanol–water partition coefficient (Wildman–Crippen LogP) is 2.92. The van der Waals surface area contributed by atoms with Crippen molar-refractivity contribution in [2.24, 2.45) is 0 Å². The van der Waals surface area contributed by atoms with Crippen molar-refractivity contribution in [1.29, 1.82) is 0 Å². The average Bonchev–Trinajstić information content (AvgIpc) is 2.78. The molecule has 0 fully saturated rings. The van der Waals surface area contributed by atoms with Gasteiger partial charge in [-0.1, -0.05) is 13.8 Å². The maximum Gasteiger partial charge on any atom is 0.150 e. The second-order valence-electron chi connectivity index (χ2n) is 5.38. The lowest BCUT2D eigenvalue weighted by molar-refractivity contribution is 0.569. The van der Waals surface area contributed by atoms with Crippen molar-refractivity contribution in [3.8, 4) is 5.69 Å². The van der Waals surface area contributed by atoms with Crippen molar-refractivity contribution in [2.75, 3.05) is 6.54 Å². The highest BCUT2D eigenvalue weighted by molar-refractivity contribution is 5.40. The summed E-state index contributed by atoms with van der Waals surface area (Å²) < 4.78 is 29.1. The van der Waals surface area contributed by atoms with Gasteiger partial charge in [0.15, 0.2) is 0 Å². The number of imidazole rings is 1. The molecule has 1 aliphatic heterocycles. The van der Waals surface area contributed by atoms with Gasteiger partial charge in [-0.25, -0.2) is 13.8 Å². The van der Waals surface area contributed by atoms with Crippen LogP contribution in [0.2, 0.25) is 0 Å². The molecular formula is C15H17F2N3. The third kappa shape index (κ3) is 2.12. The highest BCUT2D eigenvalue weighted by Crippen LogP contribution is 2.27. The molecule has 0 amide bonds. The molecule has 0 atom stereocenters. The lowest BCUT2D eigenvalue weighted by Gasteiger charge is -2.17. The molecule has 106 valence electrons. The molecule has 3 rings (SSSR count). The SMILES string of the molecule is CC(C)c1nc2c(n1-c1ccc(F)cc1F)CCNC2. The number of aromatic nitrogens is 2. The van der Waals surface area contributed by atoms with Crippen molar-refractivity contribution in [3.63, 3.8) is 0 Å². The summed E-state index contributed by atoms with van der Waals surface area (Å²) >= 11 is 0. The summed E-state index contributed by atoms with van der Waals surface area (Å²) in [6.45, 7) is 5.60. The fourth-order valence-corrected chi connectivity index (χ4v) is 2.65. The minimum absolute atomic E-state index is 0.171. The first kappa shape index (κ1) is 13.2. The Morgan fingerprint density at radius 3 is 2.80 bits per heavy atom. The Balaban J connectivity index is 2.23. The van der Waals surface area contributed by atoms with Gasteiger partial charge < -0.3 is 5.32 Å². The zero-order valence-corrected chi connectivity index (χ0v) is 11.6. The van der Waals surface area contributed by atoms with Crippen LogP contribution in [-0.2, 0) is 13.0 Å². The molecule has 1 aliphatic rings. The lowest BCUT2D eigenvalue weighted by Crippen LogP contribution is -2.25. The number of rotatable bonds is 2. The number of halogens is 2. The molecule has 0 saturated heterocycles. The van der Waals surface area contributed by atoms with E-state index in [1.165, 1.54) is 12.1 Å². The Bertz CT molecular complexity index is 647. The fraction of sp³-hybridized carbons (Fsp3) is 0.400. The van der Waals surface area contributed by atoms with Crippen LogP contribution in [-0.4, -0.2) is 16.1 Å². The van der Waals surface area contributed by atoms with Crippen molar-refractivity contribution >= 4 is 0 Å². The zero-order chi connectivity index (χ0) is 14.3. The minimum Gasteiger partial charge on any atom is -0.311 e. The summed E-state index contributed by atoms with van der Waals surface area (Å²) in [5.74, 6) is -0.118. The summed E-state index contributed by atoms with van der Waals surface area (Å²) in [6, 6.07) is 3.70. The second kappa shape index (κ2) is 4.98. The summed E-state index contributed by atoms with van der Waals surface area (Å²) in [7, 11) is 0. The molecule has 0 aliphatic carbocycles. The summed E-state index contributed by atoms with van der Waals surface area (Å²) in [6.07, 6.45) is 0.797. The highest BCUT2D eigenvalue weighted by Gasteiger charge is 2.23. The van der Waals surface area contributed by atoms with Gasteiger partial charge in [-0.2, -0.15) is 0 Å². The van der Waals surface area contributed by atoms with Crippen LogP contribution in [0.15, 0.2) is 18.2 Å². The molecular weight excluding hydrogens is 260 g/mol. The number of nitrogens with one attached hydrogen (secondary N) is 1.